The molecule has 1 heterocycles. The molecule has 0 unspecified atom stereocenters. The first kappa shape index (κ1) is 20.2. The average Bonchev–Trinajstić information content (AvgIpc) is 2.61. The number of ether oxygens (including phenoxy) is 1. The molecule has 2 rings (SSSR count). The van der Waals surface area contributed by atoms with Gasteiger partial charge in [0.2, 0.25) is 5.91 Å². The zero-order valence-electron chi connectivity index (χ0n) is 14.4. The van der Waals surface area contributed by atoms with E-state index >= 15 is 0 Å². The quantitative estimate of drug-likeness (QED) is 0.720. The lowest BCUT2D eigenvalue weighted by atomic mass is 10.2. The molecule has 0 aliphatic heterocycles. The van der Waals surface area contributed by atoms with Crippen LogP contribution in [0.15, 0.2) is 53.5 Å². The molecule has 6 nitrogen and oxygen atoms in total. The maximum Gasteiger partial charge on any atom is 0.417 e. The van der Waals surface area contributed by atoms with Gasteiger partial charge in [-0.15, -0.1) is 0 Å². The van der Waals surface area contributed by atoms with Gasteiger partial charge in [-0.3, -0.25) is 19.3 Å². The Morgan fingerprint density at radius 3 is 2.37 bits per heavy atom. The molecule has 0 saturated heterocycles. The SMILES string of the molecule is CCOC(=O)CN(C(=O)Cn1cc(C(F)(F)F)ccc1=O)c1ccccc1. The smallest absolute Gasteiger partial charge is 0.417 e. The Hall–Kier alpha value is -3.10. The molecule has 0 fully saturated rings. The summed E-state index contributed by atoms with van der Waals surface area (Å²) < 4.78 is 44.0. The Kier molecular flexibility index (Phi) is 6.38. The summed E-state index contributed by atoms with van der Waals surface area (Å²) in [6.07, 6.45) is -4.07. The minimum atomic E-state index is -4.65. The first-order valence-electron chi connectivity index (χ1n) is 8.01. The average molecular weight is 382 g/mol. The molecule has 0 saturated carbocycles. The summed E-state index contributed by atoms with van der Waals surface area (Å²) in [7, 11) is 0. The molecule has 2 aromatic rings. The first-order valence-corrected chi connectivity index (χ1v) is 8.01. The van der Waals surface area contributed by atoms with Gasteiger partial charge in [0.25, 0.3) is 5.56 Å². The van der Waals surface area contributed by atoms with E-state index in [1.807, 2.05) is 0 Å². The third-order valence-electron chi connectivity index (χ3n) is 3.58. The van der Waals surface area contributed by atoms with Crippen LogP contribution in [0.2, 0.25) is 0 Å². The van der Waals surface area contributed by atoms with E-state index in [2.05, 4.69) is 0 Å². The van der Waals surface area contributed by atoms with Gasteiger partial charge in [0.15, 0.2) is 0 Å². The van der Waals surface area contributed by atoms with E-state index in [9.17, 15) is 27.6 Å². The number of aromatic nitrogens is 1. The molecule has 0 aliphatic rings. The van der Waals surface area contributed by atoms with Crippen LogP contribution in [0.5, 0.6) is 0 Å². The fourth-order valence-electron chi connectivity index (χ4n) is 2.32. The summed E-state index contributed by atoms with van der Waals surface area (Å²) in [4.78, 5) is 37.4. The van der Waals surface area contributed by atoms with Gasteiger partial charge in [-0.25, -0.2) is 0 Å². The van der Waals surface area contributed by atoms with Crippen LogP contribution < -0.4 is 10.5 Å². The lowest BCUT2D eigenvalue weighted by Crippen LogP contribution is -2.40. The molecule has 0 bridgehead atoms. The molecule has 1 aromatic heterocycles. The molecule has 0 radical (unpaired) electrons. The van der Waals surface area contributed by atoms with Crippen LogP contribution in [0.1, 0.15) is 12.5 Å². The van der Waals surface area contributed by atoms with Crippen molar-refractivity contribution in [2.75, 3.05) is 18.1 Å². The number of halogens is 3. The lowest BCUT2D eigenvalue weighted by molar-refractivity contribution is -0.142. The summed E-state index contributed by atoms with van der Waals surface area (Å²) >= 11 is 0. The zero-order chi connectivity index (χ0) is 20.0. The normalized spacial score (nSPS) is 11.1. The minimum Gasteiger partial charge on any atom is -0.465 e. The number of hydrogen-bond acceptors (Lipinski definition) is 4. The molecule has 1 aromatic carbocycles. The van der Waals surface area contributed by atoms with Crippen LogP contribution >= 0.6 is 0 Å². The molecule has 1 amide bonds. The summed E-state index contributed by atoms with van der Waals surface area (Å²) in [5.41, 5.74) is -1.46. The van der Waals surface area contributed by atoms with E-state index < -0.39 is 42.3 Å². The predicted octanol–water partition coefficient (Wildman–Crippen LogP) is 2.46. The van der Waals surface area contributed by atoms with Crippen molar-refractivity contribution in [1.82, 2.24) is 4.57 Å². The Bertz CT molecular complexity index is 863. The molecule has 9 heteroatoms. The highest BCUT2D eigenvalue weighted by molar-refractivity contribution is 5.97. The van der Waals surface area contributed by atoms with Gasteiger partial charge in [0, 0.05) is 18.0 Å². The van der Waals surface area contributed by atoms with E-state index in [0.29, 0.717) is 22.5 Å². The summed E-state index contributed by atoms with van der Waals surface area (Å²) in [5, 5.41) is 0. The summed E-state index contributed by atoms with van der Waals surface area (Å²) in [5.74, 6) is -1.40. The monoisotopic (exact) mass is 382 g/mol. The van der Waals surface area contributed by atoms with E-state index in [4.69, 9.17) is 4.74 Å². The fourth-order valence-corrected chi connectivity index (χ4v) is 2.32. The van der Waals surface area contributed by atoms with Gasteiger partial charge in [0.05, 0.1) is 12.2 Å². The van der Waals surface area contributed by atoms with Crippen LogP contribution in [0.3, 0.4) is 0 Å². The number of para-hydroxylation sites is 1. The maximum atomic E-state index is 12.8. The summed E-state index contributed by atoms with van der Waals surface area (Å²) in [6.45, 7) is 0.638. The van der Waals surface area contributed by atoms with Crippen molar-refractivity contribution in [3.63, 3.8) is 0 Å². The Labute approximate surface area is 152 Å². The number of alkyl halides is 3. The van der Waals surface area contributed by atoms with Gasteiger partial charge in [0.1, 0.15) is 13.1 Å². The third kappa shape index (κ3) is 5.44. The van der Waals surface area contributed by atoms with Gasteiger partial charge < -0.3 is 9.30 Å². The number of amides is 1. The Morgan fingerprint density at radius 2 is 1.78 bits per heavy atom. The summed E-state index contributed by atoms with van der Waals surface area (Å²) in [6, 6.07) is 9.49. The second kappa shape index (κ2) is 8.52. The van der Waals surface area contributed by atoms with Crippen molar-refractivity contribution >= 4 is 17.6 Å². The van der Waals surface area contributed by atoms with Gasteiger partial charge in [-0.2, -0.15) is 13.2 Å². The van der Waals surface area contributed by atoms with Crippen LogP contribution in [-0.2, 0) is 27.0 Å². The number of benzene rings is 1. The molecule has 0 aliphatic carbocycles. The van der Waals surface area contributed by atoms with E-state index in [1.165, 1.54) is 0 Å². The van der Waals surface area contributed by atoms with Crippen LogP contribution in [0, 0.1) is 0 Å². The van der Waals surface area contributed by atoms with E-state index in [0.717, 1.165) is 11.0 Å². The van der Waals surface area contributed by atoms with Crippen molar-refractivity contribution in [3.8, 4) is 0 Å². The second-order valence-corrected chi connectivity index (χ2v) is 5.50. The van der Waals surface area contributed by atoms with Crippen molar-refractivity contribution < 1.29 is 27.5 Å². The van der Waals surface area contributed by atoms with Crippen LogP contribution in [0.4, 0.5) is 18.9 Å². The Morgan fingerprint density at radius 1 is 1.11 bits per heavy atom. The van der Waals surface area contributed by atoms with Crippen molar-refractivity contribution in [2.45, 2.75) is 19.6 Å². The number of carbonyl (C=O) groups excluding carboxylic acids is 2. The number of anilines is 1. The van der Waals surface area contributed by atoms with Crippen molar-refractivity contribution in [2.24, 2.45) is 0 Å². The molecular weight excluding hydrogens is 365 g/mol. The number of pyridine rings is 1. The highest BCUT2D eigenvalue weighted by atomic mass is 19.4. The minimum absolute atomic E-state index is 0.114. The molecule has 27 heavy (non-hydrogen) atoms. The fraction of sp³-hybridized carbons (Fsp3) is 0.278. The van der Waals surface area contributed by atoms with Gasteiger partial charge in [-0.1, -0.05) is 18.2 Å². The Balaban J connectivity index is 2.31. The van der Waals surface area contributed by atoms with Crippen molar-refractivity contribution in [3.05, 3.63) is 64.6 Å². The topological polar surface area (TPSA) is 68.6 Å². The second-order valence-electron chi connectivity index (χ2n) is 5.50. The molecule has 0 atom stereocenters. The first-order chi connectivity index (χ1) is 12.7. The molecule has 0 N–H and O–H groups in total. The third-order valence-corrected chi connectivity index (χ3v) is 3.58. The number of carbonyl (C=O) groups is 2. The largest absolute Gasteiger partial charge is 0.465 e. The predicted molar refractivity (Wildman–Crippen MR) is 91.1 cm³/mol. The highest BCUT2D eigenvalue weighted by Gasteiger charge is 2.31. The van der Waals surface area contributed by atoms with Crippen molar-refractivity contribution in [1.29, 1.82) is 0 Å². The highest BCUT2D eigenvalue weighted by Crippen LogP contribution is 2.28. The molecule has 144 valence electrons. The van der Waals surface area contributed by atoms with Crippen LogP contribution in [-0.4, -0.2) is 29.6 Å². The number of nitrogens with zero attached hydrogens (tertiary/aromatic N) is 2. The lowest BCUT2D eigenvalue weighted by Gasteiger charge is -2.22. The zero-order valence-corrected chi connectivity index (χ0v) is 14.4. The number of rotatable bonds is 6. The maximum absolute atomic E-state index is 12.8. The van der Waals surface area contributed by atoms with Gasteiger partial charge >= 0.3 is 12.1 Å². The molecule has 0 spiro atoms. The van der Waals surface area contributed by atoms with Crippen LogP contribution in [0.25, 0.3) is 0 Å². The number of hydrogen-bond donors (Lipinski definition) is 0. The van der Waals surface area contributed by atoms with Gasteiger partial charge in [-0.05, 0) is 25.1 Å². The van der Waals surface area contributed by atoms with E-state index in [1.54, 1.807) is 37.3 Å². The van der Waals surface area contributed by atoms with E-state index in [-0.39, 0.29) is 6.61 Å². The number of esters is 1. The molecular formula is C18H17F3N2O4. The standard InChI is InChI=1S/C18H17F3N2O4/c1-2-27-17(26)12-23(14-6-4-3-5-7-14)16(25)11-22-10-13(18(19,20)21)8-9-15(22)24/h3-10H,2,11-12H2,1H3.